The van der Waals surface area contributed by atoms with Crippen LogP contribution in [0.4, 0.5) is 11.4 Å². The molecule has 2 aromatic carbocycles. The second-order valence-electron chi connectivity index (χ2n) is 4.91. The summed E-state index contributed by atoms with van der Waals surface area (Å²) in [5.74, 6) is 0. The zero-order valence-electron chi connectivity index (χ0n) is 11.9. The fraction of sp³-hybridized carbons (Fsp3) is 0.0526. The van der Waals surface area contributed by atoms with E-state index < -0.39 is 0 Å². The first-order valence-corrected chi connectivity index (χ1v) is 6.95. The molecule has 3 rings (SSSR count). The maximum atomic E-state index is 4.59. The summed E-state index contributed by atoms with van der Waals surface area (Å²) < 4.78 is 0. The largest absolute Gasteiger partial charge is 0.249 e. The van der Waals surface area contributed by atoms with Crippen LogP contribution in [-0.4, -0.2) is 11.4 Å². The fourth-order valence-electron chi connectivity index (χ4n) is 2.02. The van der Waals surface area contributed by atoms with Gasteiger partial charge in [-0.05, 0) is 55.5 Å². The van der Waals surface area contributed by atoms with Crippen molar-refractivity contribution < 1.29 is 0 Å². The topological polar surface area (TPSA) is 24.7 Å². The molecule has 2 heteroatoms. The molecule has 2 aromatic rings. The van der Waals surface area contributed by atoms with Crippen LogP contribution in [0.25, 0.3) is 0 Å². The lowest BCUT2D eigenvalue weighted by atomic mass is 10.1. The molecule has 0 N–H and O–H groups in total. The van der Waals surface area contributed by atoms with E-state index in [1.165, 1.54) is 5.56 Å². The number of para-hydroxylation sites is 1. The highest BCUT2D eigenvalue weighted by Gasteiger charge is 2.00. The highest BCUT2D eigenvalue weighted by atomic mass is 14.8. The first-order valence-electron chi connectivity index (χ1n) is 6.95. The minimum atomic E-state index is 0.934. The Hall–Kier alpha value is -2.74. The van der Waals surface area contributed by atoms with Gasteiger partial charge in [0.15, 0.2) is 0 Å². The zero-order valence-corrected chi connectivity index (χ0v) is 11.9. The fourth-order valence-corrected chi connectivity index (χ4v) is 2.02. The Labute approximate surface area is 124 Å². The lowest BCUT2D eigenvalue weighted by Gasteiger charge is -2.03. The van der Waals surface area contributed by atoms with Crippen molar-refractivity contribution in [3.8, 4) is 0 Å². The Morgan fingerprint density at radius 2 is 1.05 bits per heavy atom. The van der Waals surface area contributed by atoms with Gasteiger partial charge in [0.25, 0.3) is 0 Å². The highest BCUT2D eigenvalue weighted by molar-refractivity contribution is 6.19. The van der Waals surface area contributed by atoms with Crippen LogP contribution in [0.1, 0.15) is 5.56 Å². The first-order chi connectivity index (χ1) is 10.3. The van der Waals surface area contributed by atoms with E-state index in [1.807, 2.05) is 66.8 Å². The van der Waals surface area contributed by atoms with E-state index in [2.05, 4.69) is 29.0 Å². The summed E-state index contributed by atoms with van der Waals surface area (Å²) in [5, 5.41) is 0. The Balaban J connectivity index is 1.77. The summed E-state index contributed by atoms with van der Waals surface area (Å²) in [6.45, 7) is 2.07. The number of aliphatic imine (C=N–C) groups is 2. The van der Waals surface area contributed by atoms with Gasteiger partial charge in [-0.2, -0.15) is 0 Å². The van der Waals surface area contributed by atoms with Crippen LogP contribution in [0.15, 0.2) is 88.9 Å². The molecule has 0 heterocycles. The number of rotatable bonds is 2. The average Bonchev–Trinajstić information content (AvgIpc) is 2.53. The Morgan fingerprint density at radius 3 is 1.57 bits per heavy atom. The minimum absolute atomic E-state index is 0.934. The van der Waals surface area contributed by atoms with E-state index in [0.717, 1.165) is 22.8 Å². The van der Waals surface area contributed by atoms with E-state index in [4.69, 9.17) is 0 Å². The third kappa shape index (κ3) is 3.63. The van der Waals surface area contributed by atoms with Crippen LogP contribution < -0.4 is 0 Å². The van der Waals surface area contributed by atoms with Crippen molar-refractivity contribution in [1.29, 1.82) is 0 Å². The van der Waals surface area contributed by atoms with E-state index in [0.29, 0.717) is 0 Å². The highest BCUT2D eigenvalue weighted by Crippen LogP contribution is 2.15. The maximum Gasteiger partial charge on any atom is 0.0638 e. The van der Waals surface area contributed by atoms with Gasteiger partial charge in [0.05, 0.1) is 22.8 Å². The Bertz CT molecular complexity index is 715. The van der Waals surface area contributed by atoms with E-state index in [-0.39, 0.29) is 0 Å². The molecule has 0 atom stereocenters. The predicted molar refractivity (Wildman–Crippen MR) is 90.1 cm³/mol. The van der Waals surface area contributed by atoms with Gasteiger partial charge in [-0.25, -0.2) is 9.98 Å². The summed E-state index contributed by atoms with van der Waals surface area (Å²) in [7, 11) is 0. The van der Waals surface area contributed by atoms with Gasteiger partial charge in [-0.1, -0.05) is 35.9 Å². The van der Waals surface area contributed by atoms with Gasteiger partial charge >= 0.3 is 0 Å². The van der Waals surface area contributed by atoms with Crippen LogP contribution >= 0.6 is 0 Å². The number of allylic oxidation sites excluding steroid dienone is 4. The van der Waals surface area contributed by atoms with Crippen molar-refractivity contribution in [1.82, 2.24) is 0 Å². The molecule has 0 spiro atoms. The summed E-state index contributed by atoms with van der Waals surface area (Å²) in [4.78, 5) is 9.15. The second-order valence-corrected chi connectivity index (χ2v) is 4.91. The summed E-state index contributed by atoms with van der Waals surface area (Å²) in [5.41, 5.74) is 5.04. The average molecular weight is 272 g/mol. The lowest BCUT2D eigenvalue weighted by molar-refractivity contribution is 1.43. The molecule has 0 saturated heterocycles. The number of nitrogens with zero attached hydrogens (tertiary/aromatic N) is 2. The van der Waals surface area contributed by atoms with Crippen molar-refractivity contribution >= 4 is 22.8 Å². The molecule has 0 aliphatic heterocycles. The van der Waals surface area contributed by atoms with Crippen molar-refractivity contribution in [3.63, 3.8) is 0 Å². The molecular weight excluding hydrogens is 256 g/mol. The monoisotopic (exact) mass is 272 g/mol. The molecule has 21 heavy (non-hydrogen) atoms. The molecule has 0 radical (unpaired) electrons. The van der Waals surface area contributed by atoms with E-state index in [9.17, 15) is 0 Å². The number of benzene rings is 2. The summed E-state index contributed by atoms with van der Waals surface area (Å²) in [6, 6.07) is 18.1. The third-order valence-corrected chi connectivity index (χ3v) is 3.16. The second kappa shape index (κ2) is 6.14. The molecule has 102 valence electrons. The molecule has 0 saturated carbocycles. The SMILES string of the molecule is Cc1ccc(N=C2C=CC(=Nc3ccccc3)C=C2)cc1. The van der Waals surface area contributed by atoms with Crippen LogP contribution in [0.2, 0.25) is 0 Å². The maximum absolute atomic E-state index is 4.59. The minimum Gasteiger partial charge on any atom is -0.249 e. The number of hydrogen-bond donors (Lipinski definition) is 0. The molecule has 1 aliphatic rings. The molecular formula is C19H16N2. The lowest BCUT2D eigenvalue weighted by Crippen LogP contribution is -1.99. The first kappa shape index (κ1) is 13.3. The van der Waals surface area contributed by atoms with Crippen molar-refractivity contribution in [2.24, 2.45) is 9.98 Å². The van der Waals surface area contributed by atoms with Gasteiger partial charge in [0.2, 0.25) is 0 Å². The van der Waals surface area contributed by atoms with Gasteiger partial charge < -0.3 is 0 Å². The van der Waals surface area contributed by atoms with Gasteiger partial charge in [0, 0.05) is 0 Å². The smallest absolute Gasteiger partial charge is 0.0638 e. The predicted octanol–water partition coefficient (Wildman–Crippen LogP) is 4.97. The standard InChI is InChI=1S/C19H16N2/c1-15-7-9-17(10-8-15)21-19-13-11-18(12-14-19)20-16-5-3-2-4-6-16/h2-14H,1H3. The molecule has 0 amide bonds. The summed E-state index contributed by atoms with van der Waals surface area (Å²) in [6.07, 6.45) is 7.95. The van der Waals surface area contributed by atoms with Crippen molar-refractivity contribution in [3.05, 3.63) is 84.5 Å². The Morgan fingerprint density at radius 1 is 0.571 bits per heavy atom. The quantitative estimate of drug-likeness (QED) is 0.690. The van der Waals surface area contributed by atoms with Gasteiger partial charge in [-0.15, -0.1) is 0 Å². The van der Waals surface area contributed by atoms with Crippen molar-refractivity contribution in [2.75, 3.05) is 0 Å². The Kier molecular flexibility index (Phi) is 3.88. The molecule has 0 unspecified atom stereocenters. The number of hydrogen-bond acceptors (Lipinski definition) is 2. The molecule has 0 aromatic heterocycles. The molecule has 0 bridgehead atoms. The molecule has 2 nitrogen and oxygen atoms in total. The number of aryl methyl sites for hydroxylation is 1. The molecule has 1 aliphatic carbocycles. The zero-order chi connectivity index (χ0) is 14.5. The third-order valence-electron chi connectivity index (χ3n) is 3.16. The normalized spacial score (nSPS) is 13.4. The van der Waals surface area contributed by atoms with Crippen LogP contribution in [-0.2, 0) is 0 Å². The van der Waals surface area contributed by atoms with Crippen LogP contribution in [0.3, 0.4) is 0 Å². The summed E-state index contributed by atoms with van der Waals surface area (Å²) >= 11 is 0. The van der Waals surface area contributed by atoms with Crippen LogP contribution in [0.5, 0.6) is 0 Å². The van der Waals surface area contributed by atoms with E-state index >= 15 is 0 Å². The van der Waals surface area contributed by atoms with Crippen molar-refractivity contribution in [2.45, 2.75) is 6.92 Å². The van der Waals surface area contributed by atoms with E-state index in [1.54, 1.807) is 0 Å². The van der Waals surface area contributed by atoms with Gasteiger partial charge in [0.1, 0.15) is 0 Å². The van der Waals surface area contributed by atoms with Crippen LogP contribution in [0, 0.1) is 6.92 Å². The molecule has 0 fully saturated rings. The van der Waals surface area contributed by atoms with Gasteiger partial charge in [-0.3, -0.25) is 0 Å².